The molecule has 0 aliphatic carbocycles. The lowest BCUT2D eigenvalue weighted by molar-refractivity contribution is -0.139. The van der Waals surface area contributed by atoms with Crippen molar-refractivity contribution in [2.45, 2.75) is 19.7 Å². The third kappa shape index (κ3) is 3.58. The Morgan fingerprint density at radius 1 is 1.18 bits per heavy atom. The molecule has 2 aromatic rings. The molecule has 0 amide bonds. The Bertz CT molecular complexity index is 693. The van der Waals surface area contributed by atoms with E-state index in [-0.39, 0.29) is 17.9 Å². The summed E-state index contributed by atoms with van der Waals surface area (Å²) in [5.41, 5.74) is 0.554. The summed E-state index contributed by atoms with van der Waals surface area (Å²) < 4.78 is 43.8. The van der Waals surface area contributed by atoms with Crippen LogP contribution in [0.4, 0.5) is 13.2 Å². The van der Waals surface area contributed by atoms with Gasteiger partial charge >= 0.3 is 12.1 Å². The van der Waals surface area contributed by atoms with E-state index in [1.165, 1.54) is 36.4 Å². The van der Waals surface area contributed by atoms with Gasteiger partial charge in [0, 0.05) is 0 Å². The molecule has 0 atom stereocenters. The summed E-state index contributed by atoms with van der Waals surface area (Å²) in [4.78, 5) is 10.8. The van der Waals surface area contributed by atoms with Gasteiger partial charge in [-0.15, -0.1) is 0 Å². The number of hydrogen-bond donors (Lipinski definition) is 1. The van der Waals surface area contributed by atoms with E-state index in [0.29, 0.717) is 11.1 Å². The molecule has 2 rings (SSSR count). The monoisotopic (exact) mass is 310 g/mol. The predicted molar refractivity (Wildman–Crippen MR) is 73.9 cm³/mol. The fourth-order valence-electron chi connectivity index (χ4n) is 1.97. The third-order valence-corrected chi connectivity index (χ3v) is 3.17. The minimum atomic E-state index is -4.49. The molecular weight excluding hydrogens is 297 g/mol. The van der Waals surface area contributed by atoms with E-state index in [0.717, 1.165) is 6.07 Å². The maximum Gasteiger partial charge on any atom is 0.419 e. The number of halogens is 3. The second kappa shape index (κ2) is 6.09. The molecule has 0 saturated heterocycles. The summed E-state index contributed by atoms with van der Waals surface area (Å²) >= 11 is 0. The number of ether oxygens (including phenoxy) is 1. The lowest BCUT2D eigenvalue weighted by Gasteiger charge is -2.14. The van der Waals surface area contributed by atoms with Crippen molar-refractivity contribution in [1.29, 1.82) is 0 Å². The number of alkyl halides is 3. The van der Waals surface area contributed by atoms with Gasteiger partial charge in [-0.25, -0.2) is 4.79 Å². The van der Waals surface area contributed by atoms with Gasteiger partial charge in [-0.3, -0.25) is 0 Å². The topological polar surface area (TPSA) is 46.5 Å². The van der Waals surface area contributed by atoms with E-state index in [1.54, 1.807) is 6.92 Å². The molecule has 0 bridgehead atoms. The maximum absolute atomic E-state index is 12.8. The first-order chi connectivity index (χ1) is 10.3. The van der Waals surface area contributed by atoms with Crippen molar-refractivity contribution >= 4 is 5.97 Å². The Kier molecular flexibility index (Phi) is 4.40. The van der Waals surface area contributed by atoms with Crippen molar-refractivity contribution in [3.05, 3.63) is 64.7 Å². The summed E-state index contributed by atoms with van der Waals surface area (Å²) in [6, 6.07) is 9.35. The number of benzene rings is 2. The van der Waals surface area contributed by atoms with Crippen LogP contribution in [-0.2, 0) is 12.8 Å². The van der Waals surface area contributed by atoms with E-state index in [2.05, 4.69) is 0 Å². The zero-order valence-electron chi connectivity index (χ0n) is 11.6. The summed E-state index contributed by atoms with van der Waals surface area (Å²) in [6.45, 7) is 1.61. The minimum Gasteiger partial charge on any atom is -0.488 e. The average molecular weight is 310 g/mol. The van der Waals surface area contributed by atoms with Crippen molar-refractivity contribution < 1.29 is 27.8 Å². The highest BCUT2D eigenvalue weighted by molar-refractivity contribution is 5.87. The number of carbonyl (C=O) groups is 1. The maximum atomic E-state index is 12.8. The zero-order chi connectivity index (χ0) is 16.3. The van der Waals surface area contributed by atoms with Crippen molar-refractivity contribution in [2.24, 2.45) is 0 Å². The van der Waals surface area contributed by atoms with Crippen LogP contribution in [-0.4, -0.2) is 11.1 Å². The van der Waals surface area contributed by atoms with Crippen LogP contribution < -0.4 is 4.74 Å². The van der Waals surface area contributed by atoms with Crippen LogP contribution in [0.5, 0.6) is 5.75 Å². The van der Waals surface area contributed by atoms with Gasteiger partial charge in [0.05, 0.1) is 11.1 Å². The summed E-state index contributed by atoms with van der Waals surface area (Å²) in [6.07, 6.45) is -4.49. The van der Waals surface area contributed by atoms with Gasteiger partial charge in [0.2, 0.25) is 0 Å². The second-order valence-electron chi connectivity index (χ2n) is 4.73. The van der Waals surface area contributed by atoms with Gasteiger partial charge in [0.15, 0.2) is 0 Å². The molecule has 3 nitrogen and oxygen atoms in total. The molecule has 0 fully saturated rings. The fraction of sp³-hybridized carbons (Fsp3) is 0.188. The number of carboxylic acid groups (broad SMARTS) is 1. The average Bonchev–Trinajstić information content (AvgIpc) is 2.45. The van der Waals surface area contributed by atoms with Gasteiger partial charge in [0.25, 0.3) is 0 Å². The first-order valence-corrected chi connectivity index (χ1v) is 6.41. The molecule has 0 heterocycles. The van der Waals surface area contributed by atoms with E-state index in [4.69, 9.17) is 9.84 Å². The molecule has 2 aromatic carbocycles. The Morgan fingerprint density at radius 2 is 1.86 bits per heavy atom. The van der Waals surface area contributed by atoms with Gasteiger partial charge < -0.3 is 9.84 Å². The Morgan fingerprint density at radius 3 is 2.45 bits per heavy atom. The molecule has 0 unspecified atom stereocenters. The van der Waals surface area contributed by atoms with E-state index in [9.17, 15) is 18.0 Å². The molecule has 0 spiro atoms. The lowest BCUT2D eigenvalue weighted by atomic mass is 10.1. The number of rotatable bonds is 4. The van der Waals surface area contributed by atoms with Crippen molar-refractivity contribution in [3.63, 3.8) is 0 Å². The van der Waals surface area contributed by atoms with Gasteiger partial charge in [0.1, 0.15) is 12.4 Å². The second-order valence-corrected chi connectivity index (χ2v) is 4.73. The van der Waals surface area contributed by atoms with Crippen LogP contribution in [0.2, 0.25) is 0 Å². The molecule has 116 valence electrons. The normalized spacial score (nSPS) is 11.3. The lowest BCUT2D eigenvalue weighted by Crippen LogP contribution is -2.09. The highest BCUT2D eigenvalue weighted by Crippen LogP contribution is 2.36. The number of aromatic carboxylic acids is 1. The van der Waals surface area contributed by atoms with E-state index in [1.807, 2.05) is 0 Å². The van der Waals surface area contributed by atoms with Crippen LogP contribution in [0, 0.1) is 6.92 Å². The molecule has 1 N–H and O–H groups in total. The Labute approximate surface area is 125 Å². The standard InChI is InChI=1S/C16H13F3O3/c1-10-8-11(15(20)21)6-7-12(10)9-22-14-5-3-2-4-13(14)16(17,18)19/h2-8H,9H2,1H3,(H,20,21). The van der Waals surface area contributed by atoms with E-state index < -0.39 is 17.7 Å². The number of aryl methyl sites for hydroxylation is 1. The van der Waals surface area contributed by atoms with Gasteiger partial charge in [-0.2, -0.15) is 13.2 Å². The van der Waals surface area contributed by atoms with Crippen LogP contribution in [0.15, 0.2) is 42.5 Å². The Balaban J connectivity index is 2.19. The van der Waals surface area contributed by atoms with Crippen LogP contribution in [0.25, 0.3) is 0 Å². The summed E-state index contributed by atoms with van der Waals surface area (Å²) in [7, 11) is 0. The third-order valence-electron chi connectivity index (χ3n) is 3.17. The molecule has 0 saturated carbocycles. The highest BCUT2D eigenvalue weighted by atomic mass is 19.4. The Hall–Kier alpha value is -2.50. The molecular formula is C16H13F3O3. The van der Waals surface area contributed by atoms with Crippen LogP contribution in [0.1, 0.15) is 27.0 Å². The summed E-state index contributed by atoms with van der Waals surface area (Å²) in [5, 5.41) is 8.88. The minimum absolute atomic E-state index is 0.0706. The number of para-hydroxylation sites is 1. The first-order valence-electron chi connectivity index (χ1n) is 6.41. The van der Waals surface area contributed by atoms with E-state index >= 15 is 0 Å². The zero-order valence-corrected chi connectivity index (χ0v) is 11.6. The quantitative estimate of drug-likeness (QED) is 0.916. The molecule has 6 heteroatoms. The fourth-order valence-corrected chi connectivity index (χ4v) is 1.97. The largest absolute Gasteiger partial charge is 0.488 e. The van der Waals surface area contributed by atoms with Crippen molar-refractivity contribution in [3.8, 4) is 5.75 Å². The predicted octanol–water partition coefficient (Wildman–Crippen LogP) is 4.29. The first kappa shape index (κ1) is 15.9. The van der Waals surface area contributed by atoms with Gasteiger partial charge in [-0.05, 0) is 42.3 Å². The van der Waals surface area contributed by atoms with Crippen LogP contribution >= 0.6 is 0 Å². The van der Waals surface area contributed by atoms with Crippen LogP contribution in [0.3, 0.4) is 0 Å². The smallest absolute Gasteiger partial charge is 0.419 e. The number of hydrogen-bond acceptors (Lipinski definition) is 2. The highest BCUT2D eigenvalue weighted by Gasteiger charge is 2.34. The molecule has 0 aromatic heterocycles. The molecule has 0 radical (unpaired) electrons. The van der Waals surface area contributed by atoms with Gasteiger partial charge in [-0.1, -0.05) is 18.2 Å². The SMILES string of the molecule is Cc1cc(C(=O)O)ccc1COc1ccccc1C(F)(F)F. The molecule has 0 aliphatic rings. The van der Waals surface area contributed by atoms with Crippen molar-refractivity contribution in [1.82, 2.24) is 0 Å². The molecule has 0 aliphatic heterocycles. The summed E-state index contributed by atoms with van der Waals surface area (Å²) in [5.74, 6) is -1.31. The van der Waals surface area contributed by atoms with Crippen molar-refractivity contribution in [2.75, 3.05) is 0 Å². The molecule has 22 heavy (non-hydrogen) atoms. The number of carboxylic acids is 1.